The summed E-state index contributed by atoms with van der Waals surface area (Å²) >= 11 is 0. The van der Waals surface area contributed by atoms with Gasteiger partial charge >= 0.3 is 0 Å². The molecule has 0 saturated heterocycles. The first-order valence-corrected chi connectivity index (χ1v) is 6.49. The Morgan fingerprint density at radius 2 is 1.93 bits per heavy atom. The van der Waals surface area contributed by atoms with Crippen LogP contribution in [0.5, 0.6) is 0 Å². The molecule has 0 aromatic heterocycles. The van der Waals surface area contributed by atoms with Crippen LogP contribution in [0, 0.1) is 18.3 Å². The molecule has 1 N–H and O–H groups in total. The molecule has 0 aliphatic heterocycles. The van der Waals surface area contributed by atoms with Crippen molar-refractivity contribution in [2.24, 2.45) is 5.92 Å². The van der Waals surface area contributed by atoms with Crippen LogP contribution in [0.4, 0.5) is 0 Å². The van der Waals surface area contributed by atoms with Crippen molar-refractivity contribution in [3.8, 4) is 12.3 Å². The minimum absolute atomic E-state index is 0.705. The molecular weight excluding hydrogens is 182 g/mol. The van der Waals surface area contributed by atoms with Crippen molar-refractivity contribution >= 4 is 0 Å². The highest BCUT2D eigenvalue weighted by molar-refractivity contribution is 4.85. The van der Waals surface area contributed by atoms with E-state index in [1.165, 1.54) is 51.4 Å². The topological polar surface area (TPSA) is 12.0 Å². The monoisotopic (exact) mass is 207 g/mol. The summed E-state index contributed by atoms with van der Waals surface area (Å²) in [6.45, 7) is 0. The van der Waals surface area contributed by atoms with Gasteiger partial charge in [0.1, 0.15) is 0 Å². The second-order valence-electron chi connectivity index (χ2n) is 4.74. The van der Waals surface area contributed by atoms with Crippen molar-refractivity contribution in [3.63, 3.8) is 0 Å². The van der Waals surface area contributed by atoms with E-state index in [-0.39, 0.29) is 0 Å². The normalized spacial score (nSPS) is 20.5. The summed E-state index contributed by atoms with van der Waals surface area (Å²) in [6.07, 6.45) is 17.2. The molecule has 0 bridgehead atoms. The van der Waals surface area contributed by atoms with Gasteiger partial charge in [-0.2, -0.15) is 0 Å². The molecule has 1 heteroatoms. The van der Waals surface area contributed by atoms with Crippen LogP contribution in [-0.2, 0) is 0 Å². The van der Waals surface area contributed by atoms with Gasteiger partial charge in [-0.15, -0.1) is 12.3 Å². The number of terminal acetylenes is 1. The molecule has 0 aromatic carbocycles. The summed E-state index contributed by atoms with van der Waals surface area (Å²) in [6, 6.07) is 0.705. The maximum Gasteiger partial charge on any atom is 0.00926 e. The lowest BCUT2D eigenvalue weighted by Gasteiger charge is -2.25. The Morgan fingerprint density at radius 1 is 1.27 bits per heavy atom. The van der Waals surface area contributed by atoms with Crippen molar-refractivity contribution in [1.29, 1.82) is 0 Å². The molecule has 0 heterocycles. The van der Waals surface area contributed by atoms with Crippen LogP contribution in [0.15, 0.2) is 0 Å². The maximum absolute atomic E-state index is 5.29. The average molecular weight is 207 g/mol. The summed E-state index contributed by atoms with van der Waals surface area (Å²) in [4.78, 5) is 0. The van der Waals surface area contributed by atoms with E-state index in [1.807, 2.05) is 0 Å². The lowest BCUT2D eigenvalue weighted by atomic mass is 9.89. The second kappa shape index (κ2) is 7.77. The molecule has 86 valence electrons. The predicted octanol–water partition coefficient (Wildman–Crippen LogP) is 3.35. The number of rotatable bonds is 5. The quantitative estimate of drug-likeness (QED) is 0.414. The van der Waals surface area contributed by atoms with Gasteiger partial charge in [0, 0.05) is 12.5 Å². The first-order chi connectivity index (χ1) is 7.38. The van der Waals surface area contributed by atoms with Gasteiger partial charge < -0.3 is 5.32 Å². The third kappa shape index (κ3) is 4.71. The molecule has 1 atom stereocenters. The lowest BCUT2D eigenvalue weighted by Crippen LogP contribution is -2.33. The first kappa shape index (κ1) is 12.6. The Hall–Kier alpha value is -0.480. The van der Waals surface area contributed by atoms with Gasteiger partial charge in [-0.05, 0) is 38.6 Å². The van der Waals surface area contributed by atoms with Gasteiger partial charge in [0.2, 0.25) is 0 Å². The molecular formula is C14H25N. The molecule has 1 aliphatic carbocycles. The fraction of sp³-hybridized carbons (Fsp3) is 0.857. The summed E-state index contributed by atoms with van der Waals surface area (Å²) in [7, 11) is 2.10. The summed E-state index contributed by atoms with van der Waals surface area (Å²) in [5, 5.41) is 3.49. The van der Waals surface area contributed by atoms with Crippen LogP contribution in [-0.4, -0.2) is 13.1 Å². The molecule has 1 aliphatic rings. The van der Waals surface area contributed by atoms with E-state index in [0.717, 1.165) is 12.3 Å². The molecule has 1 unspecified atom stereocenters. The van der Waals surface area contributed by atoms with Crippen molar-refractivity contribution in [1.82, 2.24) is 5.32 Å². The van der Waals surface area contributed by atoms with Crippen LogP contribution < -0.4 is 5.32 Å². The minimum Gasteiger partial charge on any atom is -0.317 e. The number of nitrogens with one attached hydrogen (secondary N) is 1. The third-order valence-electron chi connectivity index (χ3n) is 3.68. The van der Waals surface area contributed by atoms with Crippen LogP contribution in [0.25, 0.3) is 0 Å². The molecule has 1 nitrogen and oxygen atoms in total. The Kier molecular flexibility index (Phi) is 6.52. The molecule has 0 radical (unpaired) electrons. The Morgan fingerprint density at radius 3 is 2.47 bits per heavy atom. The van der Waals surface area contributed by atoms with Crippen LogP contribution in [0.3, 0.4) is 0 Å². The van der Waals surface area contributed by atoms with Crippen molar-refractivity contribution < 1.29 is 0 Å². The highest BCUT2D eigenvalue weighted by Crippen LogP contribution is 2.27. The summed E-state index contributed by atoms with van der Waals surface area (Å²) < 4.78 is 0. The summed E-state index contributed by atoms with van der Waals surface area (Å²) in [5.74, 6) is 3.63. The lowest BCUT2D eigenvalue weighted by molar-refractivity contribution is 0.315. The highest BCUT2D eigenvalue weighted by Gasteiger charge is 2.20. The first-order valence-electron chi connectivity index (χ1n) is 6.49. The maximum atomic E-state index is 5.29. The minimum atomic E-state index is 0.705. The fourth-order valence-electron chi connectivity index (χ4n) is 2.75. The zero-order valence-electron chi connectivity index (χ0n) is 10.1. The van der Waals surface area contributed by atoms with Gasteiger partial charge in [-0.1, -0.05) is 25.7 Å². The van der Waals surface area contributed by atoms with Crippen molar-refractivity contribution in [2.75, 3.05) is 7.05 Å². The van der Waals surface area contributed by atoms with Gasteiger partial charge in [0.15, 0.2) is 0 Å². The Labute approximate surface area is 95.0 Å². The van der Waals surface area contributed by atoms with E-state index in [0.29, 0.717) is 6.04 Å². The van der Waals surface area contributed by atoms with E-state index in [2.05, 4.69) is 18.3 Å². The third-order valence-corrected chi connectivity index (χ3v) is 3.68. The largest absolute Gasteiger partial charge is 0.317 e. The predicted molar refractivity (Wildman–Crippen MR) is 66.7 cm³/mol. The molecule has 0 spiro atoms. The number of hydrogen-bond donors (Lipinski definition) is 1. The van der Waals surface area contributed by atoms with Crippen molar-refractivity contribution in [3.05, 3.63) is 0 Å². The van der Waals surface area contributed by atoms with Crippen LogP contribution in [0.2, 0.25) is 0 Å². The fourth-order valence-corrected chi connectivity index (χ4v) is 2.75. The molecule has 1 saturated carbocycles. The van der Waals surface area contributed by atoms with Gasteiger partial charge in [-0.25, -0.2) is 0 Å². The molecule has 0 aromatic rings. The molecule has 15 heavy (non-hydrogen) atoms. The average Bonchev–Trinajstić information content (AvgIpc) is 2.53. The number of hydrogen-bond acceptors (Lipinski definition) is 1. The smallest absolute Gasteiger partial charge is 0.00926 e. The van der Waals surface area contributed by atoms with Crippen LogP contribution in [0.1, 0.15) is 57.8 Å². The molecule has 0 amide bonds. The zero-order valence-corrected chi connectivity index (χ0v) is 10.1. The Bertz CT molecular complexity index is 184. The van der Waals surface area contributed by atoms with Crippen LogP contribution >= 0.6 is 0 Å². The van der Waals surface area contributed by atoms with E-state index >= 15 is 0 Å². The van der Waals surface area contributed by atoms with E-state index in [1.54, 1.807) is 0 Å². The molecule has 1 rings (SSSR count). The Balaban J connectivity index is 2.31. The van der Waals surface area contributed by atoms with Crippen molar-refractivity contribution in [2.45, 2.75) is 63.8 Å². The SMILES string of the molecule is C#CCCCC(NC)C1CCCCCC1. The van der Waals surface area contributed by atoms with Gasteiger partial charge in [0.25, 0.3) is 0 Å². The standard InChI is InChI=1S/C14H25N/c1-3-4-7-12-14(15-2)13-10-8-5-6-9-11-13/h1,13-15H,4-12H2,2H3. The van der Waals surface area contributed by atoms with Gasteiger partial charge in [-0.3, -0.25) is 0 Å². The number of unbranched alkanes of at least 4 members (excludes halogenated alkanes) is 1. The highest BCUT2D eigenvalue weighted by atomic mass is 14.9. The van der Waals surface area contributed by atoms with Gasteiger partial charge in [0.05, 0.1) is 0 Å². The summed E-state index contributed by atoms with van der Waals surface area (Å²) in [5.41, 5.74) is 0. The van der Waals surface area contributed by atoms with E-state index in [4.69, 9.17) is 6.42 Å². The van der Waals surface area contributed by atoms with E-state index in [9.17, 15) is 0 Å². The zero-order chi connectivity index (χ0) is 10.9. The van der Waals surface area contributed by atoms with E-state index < -0.39 is 0 Å². The second-order valence-corrected chi connectivity index (χ2v) is 4.74. The molecule has 1 fully saturated rings.